The Morgan fingerprint density at radius 3 is 2.89 bits per heavy atom. The van der Waals surface area contributed by atoms with Crippen LogP contribution in [0.2, 0.25) is 0 Å². The molecule has 5 nitrogen and oxygen atoms in total. The summed E-state index contributed by atoms with van der Waals surface area (Å²) in [6, 6.07) is 1.82. The van der Waals surface area contributed by atoms with Gasteiger partial charge >= 0.3 is 0 Å². The van der Waals surface area contributed by atoms with Crippen LogP contribution in [-0.2, 0) is 0 Å². The first kappa shape index (κ1) is 14.4. The summed E-state index contributed by atoms with van der Waals surface area (Å²) in [7, 11) is 2.03. The molecule has 5 heteroatoms. The van der Waals surface area contributed by atoms with Crippen molar-refractivity contribution < 1.29 is 4.79 Å². The highest BCUT2D eigenvalue weighted by molar-refractivity contribution is 5.99. The third kappa shape index (κ3) is 4.33. The Kier molecular flexibility index (Phi) is 6.14. The van der Waals surface area contributed by atoms with Crippen LogP contribution in [0.3, 0.4) is 0 Å². The number of carbonyl (C=O) groups excluding carboxylic acids is 1. The fourth-order valence-electron chi connectivity index (χ4n) is 1.53. The maximum Gasteiger partial charge on any atom is 0.254 e. The molecular weight excluding hydrogens is 228 g/mol. The molecule has 0 unspecified atom stereocenters. The predicted molar refractivity (Wildman–Crippen MR) is 73.9 cm³/mol. The minimum atomic E-state index is -0.0800. The minimum Gasteiger partial charge on any atom is -0.385 e. The highest BCUT2D eigenvalue weighted by Crippen LogP contribution is 2.12. The molecule has 2 N–H and O–H groups in total. The average Bonchev–Trinajstić information content (AvgIpc) is 2.39. The first-order chi connectivity index (χ1) is 8.69. The van der Waals surface area contributed by atoms with Crippen molar-refractivity contribution in [1.29, 1.82) is 0 Å². The molecule has 0 aliphatic heterocycles. The Hall–Kier alpha value is -1.62. The molecule has 0 saturated carbocycles. The minimum absolute atomic E-state index is 0.0800. The Balaban J connectivity index is 2.55. The highest BCUT2D eigenvalue weighted by atomic mass is 16.1. The van der Waals surface area contributed by atoms with Crippen LogP contribution >= 0.6 is 0 Å². The van der Waals surface area contributed by atoms with Gasteiger partial charge < -0.3 is 15.5 Å². The molecule has 1 amide bonds. The summed E-state index contributed by atoms with van der Waals surface area (Å²) in [5.41, 5.74) is 1.42. The number of pyridine rings is 1. The Morgan fingerprint density at radius 2 is 2.22 bits per heavy atom. The summed E-state index contributed by atoms with van der Waals surface area (Å²) in [5.74, 6) is -0.0800. The number of nitrogens with one attached hydrogen (secondary N) is 2. The first-order valence-electron chi connectivity index (χ1n) is 6.33. The number of likely N-dealkylation sites (N-methyl/N-ethyl adjacent to an activating group) is 1. The van der Waals surface area contributed by atoms with Crippen molar-refractivity contribution in [1.82, 2.24) is 15.2 Å². The van der Waals surface area contributed by atoms with Crippen molar-refractivity contribution in [2.45, 2.75) is 13.8 Å². The average molecular weight is 250 g/mol. The van der Waals surface area contributed by atoms with E-state index in [0.29, 0.717) is 12.1 Å². The Labute approximate surface area is 109 Å². The molecule has 0 saturated heterocycles. The quantitative estimate of drug-likeness (QED) is 0.763. The molecule has 1 rings (SSSR count). The van der Waals surface area contributed by atoms with Crippen LogP contribution in [-0.4, -0.2) is 49.0 Å². The fourth-order valence-corrected chi connectivity index (χ4v) is 1.53. The third-order valence-corrected chi connectivity index (χ3v) is 2.75. The lowest BCUT2D eigenvalue weighted by Gasteiger charge is -2.15. The number of carbonyl (C=O) groups is 1. The predicted octanol–water partition coefficient (Wildman–Crippen LogP) is 1.19. The van der Waals surface area contributed by atoms with Crippen LogP contribution in [0.15, 0.2) is 18.5 Å². The molecule has 0 aliphatic carbocycles. The SMILES string of the molecule is CCNc1ccncc1C(=O)NCCN(C)CC. The van der Waals surface area contributed by atoms with Gasteiger partial charge in [0.05, 0.1) is 11.3 Å². The zero-order valence-electron chi connectivity index (χ0n) is 11.4. The second kappa shape index (κ2) is 7.66. The van der Waals surface area contributed by atoms with Gasteiger partial charge in [0, 0.05) is 32.0 Å². The van der Waals surface area contributed by atoms with E-state index in [2.05, 4.69) is 27.4 Å². The summed E-state index contributed by atoms with van der Waals surface area (Å²) in [6.07, 6.45) is 3.27. The zero-order chi connectivity index (χ0) is 13.4. The molecule has 1 aromatic rings. The normalized spacial score (nSPS) is 10.4. The standard InChI is InChI=1S/C13H22N4O/c1-4-15-12-6-7-14-10-11(12)13(18)16-8-9-17(3)5-2/h6-7,10H,4-5,8-9H2,1-3H3,(H,14,15)(H,16,18). The number of hydrogen-bond acceptors (Lipinski definition) is 4. The maximum absolute atomic E-state index is 12.0. The summed E-state index contributed by atoms with van der Waals surface area (Å²) in [5, 5.41) is 6.06. The Bertz CT molecular complexity index is 381. The van der Waals surface area contributed by atoms with Crippen molar-refractivity contribution in [3.8, 4) is 0 Å². The van der Waals surface area contributed by atoms with Gasteiger partial charge in [0.15, 0.2) is 0 Å². The van der Waals surface area contributed by atoms with E-state index in [-0.39, 0.29) is 5.91 Å². The van der Waals surface area contributed by atoms with E-state index in [0.717, 1.165) is 25.3 Å². The molecule has 0 aliphatic rings. The molecule has 18 heavy (non-hydrogen) atoms. The van der Waals surface area contributed by atoms with Gasteiger partial charge in [-0.3, -0.25) is 9.78 Å². The largest absolute Gasteiger partial charge is 0.385 e. The molecule has 100 valence electrons. The van der Waals surface area contributed by atoms with Crippen molar-refractivity contribution in [3.05, 3.63) is 24.0 Å². The van der Waals surface area contributed by atoms with E-state index in [1.807, 2.05) is 20.0 Å². The third-order valence-electron chi connectivity index (χ3n) is 2.75. The number of anilines is 1. The molecule has 0 aromatic carbocycles. The summed E-state index contributed by atoms with van der Waals surface area (Å²) in [4.78, 5) is 18.1. The van der Waals surface area contributed by atoms with Crippen LogP contribution < -0.4 is 10.6 Å². The van der Waals surface area contributed by atoms with E-state index in [9.17, 15) is 4.79 Å². The van der Waals surface area contributed by atoms with Gasteiger partial charge in [-0.2, -0.15) is 0 Å². The summed E-state index contributed by atoms with van der Waals surface area (Å²) in [6.45, 7) is 7.33. The van der Waals surface area contributed by atoms with Gasteiger partial charge in [-0.05, 0) is 26.6 Å². The van der Waals surface area contributed by atoms with E-state index in [1.54, 1.807) is 12.4 Å². The first-order valence-corrected chi connectivity index (χ1v) is 6.33. The van der Waals surface area contributed by atoms with Crippen molar-refractivity contribution in [3.63, 3.8) is 0 Å². The smallest absolute Gasteiger partial charge is 0.254 e. The lowest BCUT2D eigenvalue weighted by Crippen LogP contribution is -2.33. The van der Waals surface area contributed by atoms with Crippen LogP contribution in [0.1, 0.15) is 24.2 Å². The van der Waals surface area contributed by atoms with Crippen molar-refractivity contribution in [2.75, 3.05) is 38.5 Å². The second-order valence-electron chi connectivity index (χ2n) is 4.10. The summed E-state index contributed by atoms with van der Waals surface area (Å²) < 4.78 is 0. The number of rotatable bonds is 7. The molecule has 0 spiro atoms. The van der Waals surface area contributed by atoms with Crippen LogP contribution in [0.25, 0.3) is 0 Å². The van der Waals surface area contributed by atoms with Crippen molar-refractivity contribution in [2.24, 2.45) is 0 Å². The zero-order valence-corrected chi connectivity index (χ0v) is 11.4. The number of amides is 1. The Morgan fingerprint density at radius 1 is 1.44 bits per heavy atom. The molecular formula is C13H22N4O. The lowest BCUT2D eigenvalue weighted by molar-refractivity contribution is 0.0950. The van der Waals surface area contributed by atoms with Gasteiger partial charge in [0.2, 0.25) is 0 Å². The molecule has 0 radical (unpaired) electrons. The van der Waals surface area contributed by atoms with Crippen molar-refractivity contribution >= 4 is 11.6 Å². The maximum atomic E-state index is 12.0. The molecule has 0 fully saturated rings. The molecule has 1 aromatic heterocycles. The molecule has 1 heterocycles. The summed E-state index contributed by atoms with van der Waals surface area (Å²) >= 11 is 0. The van der Waals surface area contributed by atoms with Gasteiger partial charge in [0.1, 0.15) is 0 Å². The molecule has 0 atom stereocenters. The van der Waals surface area contributed by atoms with Crippen LogP contribution in [0.5, 0.6) is 0 Å². The van der Waals surface area contributed by atoms with E-state index >= 15 is 0 Å². The topological polar surface area (TPSA) is 57.3 Å². The van der Waals surface area contributed by atoms with Gasteiger partial charge in [0.25, 0.3) is 5.91 Å². The second-order valence-corrected chi connectivity index (χ2v) is 4.10. The van der Waals surface area contributed by atoms with E-state index < -0.39 is 0 Å². The van der Waals surface area contributed by atoms with Crippen LogP contribution in [0, 0.1) is 0 Å². The van der Waals surface area contributed by atoms with Gasteiger partial charge in [-0.25, -0.2) is 0 Å². The van der Waals surface area contributed by atoms with Gasteiger partial charge in [-0.1, -0.05) is 6.92 Å². The fraction of sp³-hybridized carbons (Fsp3) is 0.538. The monoisotopic (exact) mass is 250 g/mol. The highest BCUT2D eigenvalue weighted by Gasteiger charge is 2.10. The lowest BCUT2D eigenvalue weighted by atomic mass is 10.2. The number of hydrogen-bond donors (Lipinski definition) is 2. The number of nitrogens with zero attached hydrogens (tertiary/aromatic N) is 2. The van der Waals surface area contributed by atoms with E-state index in [4.69, 9.17) is 0 Å². The van der Waals surface area contributed by atoms with Gasteiger partial charge in [-0.15, -0.1) is 0 Å². The number of aromatic nitrogens is 1. The molecule has 0 bridgehead atoms. The van der Waals surface area contributed by atoms with E-state index in [1.165, 1.54) is 0 Å². The van der Waals surface area contributed by atoms with Crippen LogP contribution in [0.4, 0.5) is 5.69 Å².